The number of para-hydroxylation sites is 1. The van der Waals surface area contributed by atoms with E-state index in [1.54, 1.807) is 46.0 Å². The molecule has 2 heterocycles. The molecule has 0 fully saturated rings. The molecule has 1 aromatic heterocycles. The fourth-order valence-corrected chi connectivity index (χ4v) is 3.41. The van der Waals surface area contributed by atoms with Gasteiger partial charge in [-0.2, -0.15) is 5.10 Å². The summed E-state index contributed by atoms with van der Waals surface area (Å²) < 4.78 is 6.28. The van der Waals surface area contributed by atoms with Crippen LogP contribution in [0, 0.1) is 0 Å². The normalized spacial score (nSPS) is 12.9. The fourth-order valence-electron chi connectivity index (χ4n) is 3.41. The fraction of sp³-hybridized carbons (Fsp3) is 0.200. The summed E-state index contributed by atoms with van der Waals surface area (Å²) >= 11 is 0. The molecule has 136 valence electrons. The third kappa shape index (κ3) is 2.97. The summed E-state index contributed by atoms with van der Waals surface area (Å²) in [4.78, 5) is 38.2. The Bertz CT molecular complexity index is 1120. The van der Waals surface area contributed by atoms with Crippen LogP contribution in [0.5, 0.6) is 0 Å². The van der Waals surface area contributed by atoms with Gasteiger partial charge < -0.3 is 9.64 Å². The van der Waals surface area contributed by atoms with Gasteiger partial charge in [0.25, 0.3) is 0 Å². The molecule has 1 amide bonds. The van der Waals surface area contributed by atoms with Crippen LogP contribution in [0.25, 0.3) is 10.9 Å². The van der Waals surface area contributed by atoms with E-state index in [0.717, 1.165) is 11.3 Å². The molecule has 3 aromatic rings. The standard InChI is InChI=1S/C20H17N3O4/c1-27-20(26)14-6-7-16-13(10-14)8-9-22(16)19(25)12-23-17-5-3-2-4-15(17)18(24)11-21-23/h2-7,10-11H,8-9,12H2,1H3. The zero-order valence-electron chi connectivity index (χ0n) is 14.7. The summed E-state index contributed by atoms with van der Waals surface area (Å²) in [6.07, 6.45) is 1.90. The minimum absolute atomic E-state index is 0.0268. The first kappa shape index (κ1) is 17.0. The Hall–Kier alpha value is -3.48. The Balaban J connectivity index is 1.62. The second-order valence-corrected chi connectivity index (χ2v) is 6.31. The van der Waals surface area contributed by atoms with Crippen LogP contribution >= 0.6 is 0 Å². The van der Waals surface area contributed by atoms with Crippen molar-refractivity contribution >= 4 is 28.5 Å². The number of carbonyl (C=O) groups excluding carboxylic acids is 2. The maximum Gasteiger partial charge on any atom is 0.337 e. The van der Waals surface area contributed by atoms with Crippen molar-refractivity contribution in [2.24, 2.45) is 0 Å². The minimum Gasteiger partial charge on any atom is -0.465 e. The smallest absolute Gasteiger partial charge is 0.337 e. The third-order valence-electron chi connectivity index (χ3n) is 4.74. The first-order valence-electron chi connectivity index (χ1n) is 8.55. The molecular formula is C20H17N3O4. The van der Waals surface area contributed by atoms with Gasteiger partial charge in [0.15, 0.2) is 0 Å². The molecule has 0 N–H and O–H groups in total. The zero-order valence-corrected chi connectivity index (χ0v) is 14.7. The average Bonchev–Trinajstić information content (AvgIpc) is 3.13. The van der Waals surface area contributed by atoms with Gasteiger partial charge in [-0.1, -0.05) is 12.1 Å². The van der Waals surface area contributed by atoms with E-state index < -0.39 is 5.97 Å². The minimum atomic E-state index is -0.397. The number of nitrogens with zero attached hydrogens (tertiary/aromatic N) is 3. The van der Waals surface area contributed by atoms with Crippen molar-refractivity contribution in [1.29, 1.82) is 0 Å². The van der Waals surface area contributed by atoms with Gasteiger partial charge in [-0.25, -0.2) is 4.79 Å². The monoisotopic (exact) mass is 363 g/mol. The van der Waals surface area contributed by atoms with Crippen LogP contribution < -0.4 is 10.3 Å². The van der Waals surface area contributed by atoms with Crippen molar-refractivity contribution in [3.05, 3.63) is 70.0 Å². The van der Waals surface area contributed by atoms with Gasteiger partial charge in [0.1, 0.15) is 6.54 Å². The van der Waals surface area contributed by atoms with E-state index in [2.05, 4.69) is 5.10 Å². The van der Waals surface area contributed by atoms with Crippen LogP contribution in [-0.2, 0) is 22.5 Å². The van der Waals surface area contributed by atoms with Crippen LogP contribution in [-0.4, -0.2) is 35.3 Å². The first-order valence-corrected chi connectivity index (χ1v) is 8.55. The summed E-state index contributed by atoms with van der Waals surface area (Å²) in [5.41, 5.74) is 2.65. The topological polar surface area (TPSA) is 81.5 Å². The second-order valence-electron chi connectivity index (χ2n) is 6.31. The molecule has 7 heteroatoms. The van der Waals surface area contributed by atoms with E-state index in [-0.39, 0.29) is 17.9 Å². The predicted molar refractivity (Wildman–Crippen MR) is 99.8 cm³/mol. The van der Waals surface area contributed by atoms with Crippen molar-refractivity contribution in [3.8, 4) is 0 Å². The lowest BCUT2D eigenvalue weighted by atomic mass is 10.1. The van der Waals surface area contributed by atoms with E-state index in [0.29, 0.717) is 29.4 Å². The van der Waals surface area contributed by atoms with Gasteiger partial charge in [-0.15, -0.1) is 0 Å². The molecule has 0 saturated carbocycles. The number of esters is 1. The van der Waals surface area contributed by atoms with Crippen molar-refractivity contribution in [3.63, 3.8) is 0 Å². The van der Waals surface area contributed by atoms with Gasteiger partial charge >= 0.3 is 5.97 Å². The van der Waals surface area contributed by atoms with Gasteiger partial charge in [0.2, 0.25) is 11.3 Å². The number of ether oxygens (including phenoxy) is 1. The Morgan fingerprint density at radius 2 is 2.00 bits per heavy atom. The first-order chi connectivity index (χ1) is 13.1. The van der Waals surface area contributed by atoms with Crippen molar-refractivity contribution in [2.75, 3.05) is 18.6 Å². The number of hydrogen-bond acceptors (Lipinski definition) is 5. The molecule has 1 aliphatic heterocycles. The van der Waals surface area contributed by atoms with Gasteiger partial charge in [0.05, 0.1) is 24.4 Å². The number of aromatic nitrogens is 2. The lowest BCUT2D eigenvalue weighted by Crippen LogP contribution is -2.33. The molecule has 0 bridgehead atoms. The van der Waals surface area contributed by atoms with Crippen LogP contribution in [0.3, 0.4) is 0 Å². The van der Waals surface area contributed by atoms with Gasteiger partial charge in [-0.3, -0.25) is 14.3 Å². The molecule has 27 heavy (non-hydrogen) atoms. The van der Waals surface area contributed by atoms with Crippen molar-refractivity contribution < 1.29 is 14.3 Å². The highest BCUT2D eigenvalue weighted by Gasteiger charge is 2.26. The second kappa shape index (κ2) is 6.68. The average molecular weight is 363 g/mol. The Morgan fingerprint density at radius 1 is 1.19 bits per heavy atom. The number of hydrogen-bond donors (Lipinski definition) is 0. The van der Waals surface area contributed by atoms with E-state index in [1.165, 1.54) is 13.3 Å². The summed E-state index contributed by atoms with van der Waals surface area (Å²) in [7, 11) is 1.34. The van der Waals surface area contributed by atoms with Gasteiger partial charge in [0, 0.05) is 17.6 Å². The molecule has 0 saturated heterocycles. The maximum atomic E-state index is 12.9. The van der Waals surface area contributed by atoms with Crippen LogP contribution in [0.15, 0.2) is 53.5 Å². The molecule has 0 spiro atoms. The highest BCUT2D eigenvalue weighted by Crippen LogP contribution is 2.29. The highest BCUT2D eigenvalue weighted by molar-refractivity contribution is 5.97. The van der Waals surface area contributed by atoms with Crippen molar-refractivity contribution in [1.82, 2.24) is 9.78 Å². The van der Waals surface area contributed by atoms with E-state index in [1.807, 2.05) is 6.07 Å². The van der Waals surface area contributed by atoms with Crippen LogP contribution in [0.2, 0.25) is 0 Å². The van der Waals surface area contributed by atoms with Crippen LogP contribution in [0.1, 0.15) is 15.9 Å². The lowest BCUT2D eigenvalue weighted by molar-refractivity contribution is -0.119. The maximum absolute atomic E-state index is 12.9. The Morgan fingerprint density at radius 3 is 2.81 bits per heavy atom. The quantitative estimate of drug-likeness (QED) is 0.663. The van der Waals surface area contributed by atoms with Gasteiger partial charge in [-0.05, 0) is 42.3 Å². The molecule has 0 radical (unpaired) electrons. The van der Waals surface area contributed by atoms with E-state index in [4.69, 9.17) is 4.74 Å². The number of benzene rings is 2. The van der Waals surface area contributed by atoms with E-state index >= 15 is 0 Å². The molecule has 1 aliphatic rings. The number of rotatable bonds is 3. The largest absolute Gasteiger partial charge is 0.465 e. The molecular weight excluding hydrogens is 346 g/mol. The number of amides is 1. The Kier molecular flexibility index (Phi) is 4.19. The molecule has 4 rings (SSSR count). The number of methoxy groups -OCH3 is 1. The zero-order chi connectivity index (χ0) is 19.0. The lowest BCUT2D eigenvalue weighted by Gasteiger charge is -2.18. The molecule has 0 unspecified atom stereocenters. The summed E-state index contributed by atoms with van der Waals surface area (Å²) in [5.74, 6) is -0.521. The summed E-state index contributed by atoms with van der Waals surface area (Å²) in [6, 6.07) is 12.3. The van der Waals surface area contributed by atoms with E-state index in [9.17, 15) is 14.4 Å². The summed E-state index contributed by atoms with van der Waals surface area (Å²) in [5, 5.41) is 4.65. The Labute approximate surface area is 154 Å². The predicted octanol–water partition coefficient (Wildman–Crippen LogP) is 1.77. The molecule has 0 aliphatic carbocycles. The molecule has 7 nitrogen and oxygen atoms in total. The number of carbonyl (C=O) groups is 2. The highest BCUT2D eigenvalue weighted by atomic mass is 16.5. The molecule has 2 aromatic carbocycles. The number of fused-ring (bicyclic) bond motifs is 2. The number of anilines is 1. The van der Waals surface area contributed by atoms with Crippen LogP contribution in [0.4, 0.5) is 5.69 Å². The molecule has 0 atom stereocenters. The van der Waals surface area contributed by atoms with Crippen molar-refractivity contribution in [2.45, 2.75) is 13.0 Å². The summed E-state index contributed by atoms with van der Waals surface area (Å²) in [6.45, 7) is 0.565. The third-order valence-corrected chi connectivity index (χ3v) is 4.74. The SMILES string of the molecule is COC(=O)c1ccc2c(c1)CCN2C(=O)Cn1ncc(=O)c2ccccc21.